The average Bonchev–Trinajstić information content (AvgIpc) is 2.76. The molecule has 7 nitrogen and oxygen atoms in total. The van der Waals surface area contributed by atoms with Crippen molar-refractivity contribution in [1.82, 2.24) is 9.47 Å². The first-order valence-corrected chi connectivity index (χ1v) is 8.77. The molecule has 0 aliphatic carbocycles. The van der Waals surface area contributed by atoms with Crippen LogP contribution >= 0.6 is 0 Å². The molecule has 1 heterocycles. The second-order valence-corrected chi connectivity index (χ2v) is 6.58. The van der Waals surface area contributed by atoms with Crippen LogP contribution in [-0.4, -0.2) is 59.5 Å². The summed E-state index contributed by atoms with van der Waals surface area (Å²) in [5.74, 6) is -0.914. The van der Waals surface area contributed by atoms with Gasteiger partial charge in [-0.1, -0.05) is 0 Å². The van der Waals surface area contributed by atoms with Crippen molar-refractivity contribution in [3.8, 4) is 0 Å². The van der Waals surface area contributed by atoms with Crippen molar-refractivity contribution in [2.24, 2.45) is 7.05 Å². The van der Waals surface area contributed by atoms with Gasteiger partial charge in [0.1, 0.15) is 12.3 Å². The molecule has 1 rings (SSSR count). The van der Waals surface area contributed by atoms with E-state index in [1.807, 2.05) is 13.8 Å². The zero-order chi connectivity index (χ0) is 20.2. The number of hydrogen-bond acceptors (Lipinski definition) is 5. The number of carbonyl (C=O) groups is 3. The summed E-state index contributed by atoms with van der Waals surface area (Å²) in [4.78, 5) is 39.3. The Morgan fingerprint density at radius 3 is 2.19 bits per heavy atom. The van der Waals surface area contributed by atoms with Crippen molar-refractivity contribution in [2.75, 3.05) is 20.3 Å². The summed E-state index contributed by atoms with van der Waals surface area (Å²) in [7, 11) is 3.17. The Morgan fingerprint density at radius 2 is 1.73 bits per heavy atom. The molecule has 1 aromatic heterocycles. The molecule has 0 fully saturated rings. The molecule has 0 radical (unpaired) electrons. The zero-order valence-corrected chi connectivity index (χ0v) is 17.0. The number of carbonyl (C=O) groups excluding carboxylic acids is 3. The van der Waals surface area contributed by atoms with Crippen LogP contribution < -0.4 is 0 Å². The van der Waals surface area contributed by atoms with Crippen LogP contribution in [0.4, 0.5) is 0 Å². The number of ether oxygens (including phenoxy) is 2. The van der Waals surface area contributed by atoms with Crippen molar-refractivity contribution < 1.29 is 23.9 Å². The molecule has 0 bridgehead atoms. The molecule has 7 heteroatoms. The van der Waals surface area contributed by atoms with Crippen LogP contribution in [0.25, 0.3) is 0 Å². The largest absolute Gasteiger partial charge is 0.461 e. The van der Waals surface area contributed by atoms with E-state index < -0.39 is 12.0 Å². The molecule has 0 aliphatic heterocycles. The molecule has 146 valence electrons. The van der Waals surface area contributed by atoms with Gasteiger partial charge in [0.05, 0.1) is 12.6 Å². The van der Waals surface area contributed by atoms with Crippen molar-refractivity contribution in [3.63, 3.8) is 0 Å². The molecular weight excluding hydrogens is 336 g/mol. The maximum Gasteiger partial charge on any atom is 0.355 e. The molecule has 0 aromatic carbocycles. The second kappa shape index (κ2) is 8.98. The van der Waals surface area contributed by atoms with E-state index in [1.54, 1.807) is 39.3 Å². The van der Waals surface area contributed by atoms with E-state index in [2.05, 4.69) is 0 Å². The second-order valence-electron chi connectivity index (χ2n) is 6.58. The van der Waals surface area contributed by atoms with Crippen molar-refractivity contribution in [3.05, 3.63) is 22.5 Å². The highest BCUT2D eigenvalue weighted by Gasteiger charge is 2.33. The Morgan fingerprint density at radius 1 is 1.15 bits per heavy atom. The normalized spacial score (nSPS) is 12.2. The summed E-state index contributed by atoms with van der Waals surface area (Å²) >= 11 is 0. The van der Waals surface area contributed by atoms with Gasteiger partial charge in [-0.3, -0.25) is 9.59 Å². The Bertz CT molecular complexity index is 691. The van der Waals surface area contributed by atoms with Gasteiger partial charge < -0.3 is 18.9 Å². The number of methoxy groups -OCH3 is 1. The molecule has 0 N–H and O–H groups in total. The number of rotatable bonds is 8. The Kier molecular flexibility index (Phi) is 7.56. The topological polar surface area (TPSA) is 77.8 Å². The van der Waals surface area contributed by atoms with Gasteiger partial charge in [-0.2, -0.15) is 0 Å². The summed E-state index contributed by atoms with van der Waals surface area (Å²) < 4.78 is 11.7. The summed E-state index contributed by atoms with van der Waals surface area (Å²) in [5, 5.41) is 0. The van der Waals surface area contributed by atoms with E-state index >= 15 is 0 Å². The van der Waals surface area contributed by atoms with Crippen LogP contribution in [0.2, 0.25) is 0 Å². The van der Waals surface area contributed by atoms with Crippen LogP contribution in [0, 0.1) is 13.8 Å². The van der Waals surface area contributed by atoms with Crippen molar-refractivity contribution >= 4 is 17.7 Å². The molecule has 1 aromatic rings. The third-order valence-electron chi connectivity index (χ3n) is 4.55. The SMILES string of the molecule is CCOC(=O)c1c(C)c(C(=O)C(C)N(C(=O)COC)C(C)C)c(C)n1C. The number of nitrogens with zero attached hydrogens (tertiary/aromatic N) is 2. The van der Waals surface area contributed by atoms with Gasteiger partial charge in [0.25, 0.3) is 0 Å². The Hall–Kier alpha value is -2.15. The predicted octanol–water partition coefficient (Wildman–Crippen LogP) is 2.27. The predicted molar refractivity (Wildman–Crippen MR) is 98.5 cm³/mol. The molecule has 26 heavy (non-hydrogen) atoms. The highest BCUT2D eigenvalue weighted by atomic mass is 16.5. The van der Waals surface area contributed by atoms with Crippen LogP contribution in [0.5, 0.6) is 0 Å². The van der Waals surface area contributed by atoms with E-state index in [0.29, 0.717) is 22.5 Å². The molecule has 0 aliphatic rings. The minimum absolute atomic E-state index is 0.0867. The third-order valence-corrected chi connectivity index (χ3v) is 4.55. The fraction of sp³-hybridized carbons (Fsp3) is 0.632. The first-order chi connectivity index (χ1) is 12.1. The van der Waals surface area contributed by atoms with Crippen molar-refractivity contribution in [2.45, 2.75) is 53.6 Å². The van der Waals surface area contributed by atoms with Gasteiger partial charge in [0, 0.05) is 31.5 Å². The van der Waals surface area contributed by atoms with Gasteiger partial charge in [-0.25, -0.2) is 4.79 Å². The van der Waals surface area contributed by atoms with Gasteiger partial charge in [-0.15, -0.1) is 0 Å². The lowest BCUT2D eigenvalue weighted by molar-refractivity contribution is -0.138. The fourth-order valence-electron chi connectivity index (χ4n) is 3.31. The molecule has 0 saturated heterocycles. The average molecular weight is 366 g/mol. The minimum Gasteiger partial charge on any atom is -0.461 e. The van der Waals surface area contributed by atoms with E-state index in [1.165, 1.54) is 12.0 Å². The van der Waals surface area contributed by atoms with Gasteiger partial charge >= 0.3 is 5.97 Å². The maximum atomic E-state index is 13.2. The smallest absolute Gasteiger partial charge is 0.355 e. The molecule has 0 saturated carbocycles. The fourth-order valence-corrected chi connectivity index (χ4v) is 3.31. The van der Waals surface area contributed by atoms with Gasteiger partial charge in [0.2, 0.25) is 5.91 Å². The van der Waals surface area contributed by atoms with E-state index in [0.717, 1.165) is 0 Å². The van der Waals surface area contributed by atoms with Crippen LogP contribution in [0.1, 0.15) is 59.8 Å². The van der Waals surface area contributed by atoms with Crippen LogP contribution in [0.3, 0.4) is 0 Å². The van der Waals surface area contributed by atoms with E-state index in [-0.39, 0.29) is 30.9 Å². The lowest BCUT2D eigenvalue weighted by Gasteiger charge is -2.32. The highest BCUT2D eigenvalue weighted by Crippen LogP contribution is 2.25. The lowest BCUT2D eigenvalue weighted by atomic mass is 9.99. The number of aromatic nitrogens is 1. The first kappa shape index (κ1) is 21.9. The summed E-state index contributed by atoms with van der Waals surface area (Å²) in [6.45, 7) is 10.8. The molecule has 1 unspecified atom stereocenters. The summed E-state index contributed by atoms with van der Waals surface area (Å²) in [5.41, 5.74) is 2.06. The quantitative estimate of drug-likeness (QED) is 0.521. The molecule has 0 spiro atoms. The van der Waals surface area contributed by atoms with Gasteiger partial charge in [0.15, 0.2) is 5.78 Å². The Labute approximate surface area is 155 Å². The molecular formula is C19H30N2O5. The standard InChI is InChI=1S/C19H30N2O5/c1-9-26-19(24)17-12(4)16(13(5)20(17)7)18(23)14(6)21(11(2)3)15(22)10-25-8/h11,14H,9-10H2,1-8H3. The number of esters is 1. The van der Waals surface area contributed by atoms with E-state index in [9.17, 15) is 14.4 Å². The Balaban J connectivity index is 3.33. The number of ketones is 1. The number of Topliss-reactive ketones (excluding diaryl/α,β-unsaturated/α-hetero) is 1. The lowest BCUT2D eigenvalue weighted by Crippen LogP contribution is -2.48. The summed E-state index contributed by atoms with van der Waals surface area (Å²) in [6.07, 6.45) is 0. The summed E-state index contributed by atoms with van der Waals surface area (Å²) in [6, 6.07) is -0.835. The van der Waals surface area contributed by atoms with Crippen molar-refractivity contribution in [1.29, 1.82) is 0 Å². The van der Waals surface area contributed by atoms with E-state index in [4.69, 9.17) is 9.47 Å². The number of amides is 1. The molecule has 1 amide bonds. The van der Waals surface area contributed by atoms with Crippen LogP contribution in [-0.2, 0) is 21.3 Å². The third kappa shape index (κ3) is 4.15. The monoisotopic (exact) mass is 366 g/mol. The van der Waals surface area contributed by atoms with Gasteiger partial charge in [-0.05, 0) is 47.1 Å². The highest BCUT2D eigenvalue weighted by molar-refractivity contribution is 6.06. The zero-order valence-electron chi connectivity index (χ0n) is 17.0. The first-order valence-electron chi connectivity index (χ1n) is 8.77. The number of hydrogen-bond donors (Lipinski definition) is 0. The minimum atomic E-state index is -0.674. The molecule has 1 atom stereocenters. The van der Waals surface area contributed by atoms with Crippen LogP contribution in [0.15, 0.2) is 0 Å². The maximum absolute atomic E-state index is 13.2.